The zero-order chi connectivity index (χ0) is 11.6. The van der Waals surface area contributed by atoms with Crippen LogP contribution in [0.2, 0.25) is 0 Å². The molecule has 0 spiro atoms. The van der Waals surface area contributed by atoms with Gasteiger partial charge < -0.3 is 10.2 Å². The third-order valence-electron chi connectivity index (χ3n) is 1.82. The predicted octanol–water partition coefficient (Wildman–Crippen LogP) is 1.66. The van der Waals surface area contributed by atoms with Crippen LogP contribution in [-0.4, -0.2) is 21.2 Å². The summed E-state index contributed by atoms with van der Waals surface area (Å²) in [5, 5.41) is 17.9. The Hall–Kier alpha value is -1.72. The molecule has 6 heteroatoms. The molecule has 0 atom stereocenters. The number of rotatable bonds is 3. The summed E-state index contributed by atoms with van der Waals surface area (Å²) in [5.74, 6) is -1.58. The number of aromatic nitrogens is 1. The molecule has 4 nitrogen and oxygen atoms in total. The third kappa shape index (κ3) is 2.61. The minimum Gasteiger partial charge on any atom is -0.506 e. The second kappa shape index (κ2) is 4.20. The van der Waals surface area contributed by atoms with E-state index < -0.39 is 24.5 Å². The number of hydrogen-bond donors (Lipinski definition) is 2. The first kappa shape index (κ1) is 11.4. The summed E-state index contributed by atoms with van der Waals surface area (Å²) in [6.07, 6.45) is -3.36. The second-order valence-corrected chi connectivity index (χ2v) is 3.03. The Labute approximate surface area is 84.2 Å². The molecule has 82 valence electrons. The number of pyridine rings is 1. The highest BCUT2D eigenvalue weighted by Crippen LogP contribution is 2.26. The first-order chi connectivity index (χ1) is 6.91. The van der Waals surface area contributed by atoms with Gasteiger partial charge in [-0.25, -0.2) is 13.8 Å². The van der Waals surface area contributed by atoms with Crippen molar-refractivity contribution in [2.45, 2.75) is 19.8 Å². The lowest BCUT2D eigenvalue weighted by molar-refractivity contribution is -0.136. The van der Waals surface area contributed by atoms with Crippen LogP contribution in [0.15, 0.2) is 6.07 Å². The van der Waals surface area contributed by atoms with Crippen molar-refractivity contribution in [1.29, 1.82) is 0 Å². The molecule has 1 aromatic rings. The van der Waals surface area contributed by atoms with E-state index in [2.05, 4.69) is 4.98 Å². The van der Waals surface area contributed by atoms with E-state index in [1.807, 2.05) is 0 Å². The van der Waals surface area contributed by atoms with Crippen LogP contribution in [-0.2, 0) is 11.2 Å². The van der Waals surface area contributed by atoms with Gasteiger partial charge in [-0.3, -0.25) is 4.79 Å². The number of alkyl halides is 2. The van der Waals surface area contributed by atoms with Crippen molar-refractivity contribution in [3.8, 4) is 5.75 Å². The van der Waals surface area contributed by atoms with Gasteiger partial charge in [-0.2, -0.15) is 0 Å². The topological polar surface area (TPSA) is 70.4 Å². The summed E-state index contributed by atoms with van der Waals surface area (Å²) in [4.78, 5) is 13.8. The zero-order valence-corrected chi connectivity index (χ0v) is 7.87. The van der Waals surface area contributed by atoms with Gasteiger partial charge in [-0.1, -0.05) is 0 Å². The van der Waals surface area contributed by atoms with E-state index in [4.69, 9.17) is 5.11 Å². The highest BCUT2D eigenvalue weighted by molar-refractivity contribution is 5.70. The summed E-state index contributed by atoms with van der Waals surface area (Å²) in [6.45, 7) is 1.41. The summed E-state index contributed by atoms with van der Waals surface area (Å²) in [6, 6.07) is 1.03. The predicted molar refractivity (Wildman–Crippen MR) is 46.9 cm³/mol. The molecule has 15 heavy (non-hydrogen) atoms. The summed E-state index contributed by atoms with van der Waals surface area (Å²) in [7, 11) is 0. The number of halogens is 2. The molecule has 0 bridgehead atoms. The molecule has 0 saturated heterocycles. The quantitative estimate of drug-likeness (QED) is 0.807. The van der Waals surface area contributed by atoms with Crippen LogP contribution in [0, 0.1) is 6.92 Å². The number of carbonyl (C=O) groups is 1. The van der Waals surface area contributed by atoms with Crippen molar-refractivity contribution in [2.75, 3.05) is 0 Å². The number of aryl methyl sites for hydroxylation is 1. The molecule has 0 unspecified atom stereocenters. The summed E-state index contributed by atoms with van der Waals surface area (Å²) in [5.41, 5.74) is -0.573. The van der Waals surface area contributed by atoms with Crippen LogP contribution in [0.3, 0.4) is 0 Å². The molecule has 0 amide bonds. The first-order valence-electron chi connectivity index (χ1n) is 4.11. The molecule has 2 N–H and O–H groups in total. The average molecular weight is 217 g/mol. The number of carboxylic acid groups (broad SMARTS) is 1. The maximum atomic E-state index is 12.3. The molecule has 1 aromatic heterocycles. The van der Waals surface area contributed by atoms with E-state index in [1.165, 1.54) is 6.92 Å². The molecule has 0 saturated carbocycles. The van der Waals surface area contributed by atoms with Gasteiger partial charge in [0, 0.05) is 0 Å². The van der Waals surface area contributed by atoms with Crippen LogP contribution in [0.25, 0.3) is 0 Å². The van der Waals surface area contributed by atoms with E-state index in [1.54, 1.807) is 0 Å². The smallest absolute Gasteiger partial charge is 0.309 e. The monoisotopic (exact) mass is 217 g/mol. The van der Waals surface area contributed by atoms with Crippen molar-refractivity contribution in [1.82, 2.24) is 4.98 Å². The van der Waals surface area contributed by atoms with Gasteiger partial charge in [0.25, 0.3) is 6.43 Å². The number of carboxylic acids is 1. The van der Waals surface area contributed by atoms with Crippen molar-refractivity contribution in [2.24, 2.45) is 0 Å². The molecule has 0 fully saturated rings. The van der Waals surface area contributed by atoms with Crippen LogP contribution >= 0.6 is 0 Å². The molecular weight excluding hydrogens is 208 g/mol. The Morgan fingerprint density at radius 3 is 2.67 bits per heavy atom. The maximum absolute atomic E-state index is 12.3. The SMILES string of the molecule is Cc1cc(C(F)F)nc(CC(=O)O)c1O. The Balaban J connectivity index is 3.18. The minimum atomic E-state index is -2.78. The molecule has 1 rings (SSSR count). The number of aliphatic carboxylic acids is 1. The number of aromatic hydroxyl groups is 1. The highest BCUT2D eigenvalue weighted by Gasteiger charge is 2.16. The largest absolute Gasteiger partial charge is 0.506 e. The Kier molecular flexibility index (Phi) is 3.18. The molecule has 1 heterocycles. The van der Waals surface area contributed by atoms with Crippen LogP contribution in [0.1, 0.15) is 23.4 Å². The fourth-order valence-electron chi connectivity index (χ4n) is 1.14. The van der Waals surface area contributed by atoms with E-state index in [0.717, 1.165) is 6.07 Å². The lowest BCUT2D eigenvalue weighted by atomic mass is 10.1. The normalized spacial score (nSPS) is 10.7. The Morgan fingerprint density at radius 1 is 1.60 bits per heavy atom. The standard InChI is InChI=1S/C9H9F2NO3/c1-4-2-6(9(10)11)12-5(8(4)15)3-7(13)14/h2,9,15H,3H2,1H3,(H,13,14). The summed E-state index contributed by atoms with van der Waals surface area (Å²) < 4.78 is 24.6. The van der Waals surface area contributed by atoms with E-state index in [0.29, 0.717) is 0 Å². The number of hydrogen-bond acceptors (Lipinski definition) is 3. The van der Waals surface area contributed by atoms with Crippen molar-refractivity contribution in [3.63, 3.8) is 0 Å². The molecule has 0 aliphatic rings. The maximum Gasteiger partial charge on any atom is 0.309 e. The molecule has 0 radical (unpaired) electrons. The third-order valence-corrected chi connectivity index (χ3v) is 1.82. The molecule has 0 aromatic carbocycles. The van der Waals surface area contributed by atoms with Gasteiger partial charge in [0.1, 0.15) is 11.4 Å². The van der Waals surface area contributed by atoms with E-state index in [-0.39, 0.29) is 17.0 Å². The van der Waals surface area contributed by atoms with Crippen molar-refractivity contribution in [3.05, 3.63) is 23.0 Å². The van der Waals surface area contributed by atoms with Crippen molar-refractivity contribution < 1.29 is 23.8 Å². The lowest BCUT2D eigenvalue weighted by Crippen LogP contribution is -2.05. The fraction of sp³-hybridized carbons (Fsp3) is 0.333. The van der Waals surface area contributed by atoms with Gasteiger partial charge >= 0.3 is 5.97 Å². The Morgan fingerprint density at radius 2 is 2.20 bits per heavy atom. The minimum absolute atomic E-state index is 0.191. The first-order valence-corrected chi connectivity index (χ1v) is 4.11. The van der Waals surface area contributed by atoms with Gasteiger partial charge in [0.15, 0.2) is 0 Å². The average Bonchev–Trinajstić information content (AvgIpc) is 2.11. The molecule has 0 aliphatic carbocycles. The molecular formula is C9H9F2NO3. The lowest BCUT2D eigenvalue weighted by Gasteiger charge is -2.07. The van der Waals surface area contributed by atoms with Gasteiger partial charge in [-0.15, -0.1) is 0 Å². The van der Waals surface area contributed by atoms with E-state index >= 15 is 0 Å². The van der Waals surface area contributed by atoms with Crippen LogP contribution in [0.4, 0.5) is 8.78 Å². The number of nitrogens with zero attached hydrogens (tertiary/aromatic N) is 1. The van der Waals surface area contributed by atoms with E-state index in [9.17, 15) is 18.7 Å². The van der Waals surface area contributed by atoms with Crippen molar-refractivity contribution >= 4 is 5.97 Å². The van der Waals surface area contributed by atoms with Crippen LogP contribution in [0.5, 0.6) is 5.75 Å². The van der Waals surface area contributed by atoms with Gasteiger partial charge in [0.05, 0.1) is 12.1 Å². The Bertz CT molecular complexity index is 393. The fourth-order valence-corrected chi connectivity index (χ4v) is 1.14. The van der Waals surface area contributed by atoms with Gasteiger partial charge in [-0.05, 0) is 18.6 Å². The molecule has 0 aliphatic heterocycles. The van der Waals surface area contributed by atoms with Crippen LogP contribution < -0.4 is 0 Å². The highest BCUT2D eigenvalue weighted by atomic mass is 19.3. The van der Waals surface area contributed by atoms with Gasteiger partial charge in [0.2, 0.25) is 0 Å². The zero-order valence-electron chi connectivity index (χ0n) is 7.87. The summed E-state index contributed by atoms with van der Waals surface area (Å²) >= 11 is 0. The second-order valence-electron chi connectivity index (χ2n) is 3.03.